The van der Waals surface area contributed by atoms with Gasteiger partial charge in [-0.15, -0.1) is 0 Å². The number of H-pyrrole nitrogens is 2. The van der Waals surface area contributed by atoms with Gasteiger partial charge in [-0.2, -0.15) is 8.78 Å². The topological polar surface area (TPSA) is 104 Å². The minimum Gasteiger partial charge on any atom is -0.434 e. The molecule has 0 saturated carbocycles. The second-order valence-electron chi connectivity index (χ2n) is 5.94. The number of amides is 1. The number of aromatic nitrogens is 2. The summed E-state index contributed by atoms with van der Waals surface area (Å²) in [5.41, 5.74) is 0.660. The molecule has 0 unspecified atom stereocenters. The summed E-state index contributed by atoms with van der Waals surface area (Å²) in [7, 11) is 0. The highest BCUT2D eigenvalue weighted by atomic mass is 19.3. The molecule has 1 amide bonds. The summed E-state index contributed by atoms with van der Waals surface area (Å²) >= 11 is 0. The molecule has 1 aromatic heterocycles. The SMILES string of the molecule is Cc1cc(C(=O)Nc2ccc3[nH]c(=O)c(=O)[nH]c3c2)cc(C)c1OC(F)F. The van der Waals surface area contributed by atoms with Gasteiger partial charge >= 0.3 is 17.7 Å². The normalized spacial score (nSPS) is 11.0. The molecule has 3 N–H and O–H groups in total. The molecule has 0 radical (unpaired) electrons. The van der Waals surface area contributed by atoms with Gasteiger partial charge in [0.2, 0.25) is 0 Å². The zero-order valence-corrected chi connectivity index (χ0v) is 14.4. The van der Waals surface area contributed by atoms with E-state index in [1.54, 1.807) is 26.0 Å². The van der Waals surface area contributed by atoms with Gasteiger partial charge in [0.1, 0.15) is 5.75 Å². The number of anilines is 1. The molecule has 9 heteroatoms. The molecule has 7 nitrogen and oxygen atoms in total. The Morgan fingerprint density at radius 2 is 1.59 bits per heavy atom. The molecule has 3 rings (SSSR count). The number of fused-ring (bicyclic) bond motifs is 1. The fraction of sp³-hybridized carbons (Fsp3) is 0.167. The standard InChI is InChI=1S/C18H15F2N3O4/c1-8-5-10(6-9(2)14(8)27-18(19)20)15(24)21-11-3-4-12-13(7-11)23-17(26)16(25)22-12/h3-7,18H,1-2H3,(H,21,24)(H,22,25)(H,23,26). The Morgan fingerprint density at radius 3 is 2.19 bits per heavy atom. The average molecular weight is 375 g/mol. The number of rotatable bonds is 4. The van der Waals surface area contributed by atoms with Crippen LogP contribution in [-0.2, 0) is 0 Å². The largest absolute Gasteiger partial charge is 0.434 e. The summed E-state index contributed by atoms with van der Waals surface area (Å²) in [5, 5.41) is 2.66. The van der Waals surface area contributed by atoms with E-state index in [4.69, 9.17) is 0 Å². The zero-order valence-electron chi connectivity index (χ0n) is 14.4. The van der Waals surface area contributed by atoms with Crippen molar-refractivity contribution in [1.82, 2.24) is 9.97 Å². The number of aromatic amines is 2. The van der Waals surface area contributed by atoms with E-state index in [9.17, 15) is 23.2 Å². The van der Waals surface area contributed by atoms with E-state index in [1.165, 1.54) is 18.2 Å². The monoisotopic (exact) mass is 375 g/mol. The van der Waals surface area contributed by atoms with E-state index >= 15 is 0 Å². The predicted molar refractivity (Wildman–Crippen MR) is 95.7 cm³/mol. The van der Waals surface area contributed by atoms with Gasteiger partial charge in [0, 0.05) is 11.3 Å². The van der Waals surface area contributed by atoms with Gasteiger partial charge in [0.15, 0.2) is 0 Å². The van der Waals surface area contributed by atoms with Crippen LogP contribution in [0.2, 0.25) is 0 Å². The van der Waals surface area contributed by atoms with Crippen molar-refractivity contribution in [2.45, 2.75) is 20.5 Å². The number of hydrogen-bond acceptors (Lipinski definition) is 4. The Bertz CT molecular complexity index is 1130. The molecule has 2 aromatic carbocycles. The lowest BCUT2D eigenvalue weighted by molar-refractivity contribution is -0.0507. The van der Waals surface area contributed by atoms with Crippen LogP contribution >= 0.6 is 0 Å². The first-order valence-electron chi connectivity index (χ1n) is 7.88. The summed E-state index contributed by atoms with van der Waals surface area (Å²) in [5.74, 6) is -0.426. The second-order valence-corrected chi connectivity index (χ2v) is 5.94. The molecule has 27 heavy (non-hydrogen) atoms. The van der Waals surface area contributed by atoms with Crippen LogP contribution in [0.3, 0.4) is 0 Å². The first kappa shape index (κ1) is 18.3. The van der Waals surface area contributed by atoms with Crippen molar-refractivity contribution in [3.63, 3.8) is 0 Å². The van der Waals surface area contributed by atoms with Crippen LogP contribution in [0.4, 0.5) is 14.5 Å². The van der Waals surface area contributed by atoms with Crippen molar-refractivity contribution in [3.05, 3.63) is 67.7 Å². The molecule has 0 aliphatic rings. The number of halogens is 2. The highest BCUT2D eigenvalue weighted by Crippen LogP contribution is 2.27. The summed E-state index contributed by atoms with van der Waals surface area (Å²) in [6.45, 7) is 0.185. The molecule has 0 spiro atoms. The number of carbonyl (C=O) groups excluding carboxylic acids is 1. The molecule has 0 aliphatic heterocycles. The minimum absolute atomic E-state index is 0.0359. The number of hydrogen-bond donors (Lipinski definition) is 3. The molecule has 0 aliphatic carbocycles. The van der Waals surface area contributed by atoms with Crippen LogP contribution in [0.25, 0.3) is 11.0 Å². The number of ether oxygens (including phenoxy) is 1. The lowest BCUT2D eigenvalue weighted by Crippen LogP contribution is -2.28. The van der Waals surface area contributed by atoms with Gasteiger partial charge in [-0.3, -0.25) is 14.4 Å². The number of alkyl halides is 2. The van der Waals surface area contributed by atoms with Crippen molar-refractivity contribution in [2.75, 3.05) is 5.32 Å². The van der Waals surface area contributed by atoms with Gasteiger partial charge in [-0.25, -0.2) is 0 Å². The second kappa shape index (κ2) is 7.02. The third-order valence-corrected chi connectivity index (χ3v) is 3.91. The summed E-state index contributed by atoms with van der Waals surface area (Å²) in [4.78, 5) is 40.0. The Labute approximate surface area is 151 Å². The smallest absolute Gasteiger partial charge is 0.387 e. The van der Waals surface area contributed by atoms with E-state index in [0.717, 1.165) is 0 Å². The molecule has 1 heterocycles. The fourth-order valence-electron chi connectivity index (χ4n) is 2.75. The maximum Gasteiger partial charge on any atom is 0.387 e. The summed E-state index contributed by atoms with van der Waals surface area (Å²) in [6.07, 6.45) is 0. The van der Waals surface area contributed by atoms with E-state index < -0.39 is 23.6 Å². The average Bonchev–Trinajstić information content (AvgIpc) is 2.59. The molecule has 0 bridgehead atoms. The van der Waals surface area contributed by atoms with Gasteiger partial charge < -0.3 is 20.0 Å². The van der Waals surface area contributed by atoms with Crippen LogP contribution in [0.5, 0.6) is 5.75 Å². The van der Waals surface area contributed by atoms with Crippen LogP contribution in [0.15, 0.2) is 39.9 Å². The Balaban J connectivity index is 1.89. The number of benzene rings is 2. The fourth-order valence-corrected chi connectivity index (χ4v) is 2.75. The Kier molecular flexibility index (Phi) is 4.76. The van der Waals surface area contributed by atoms with E-state index in [2.05, 4.69) is 20.0 Å². The molecular formula is C18H15F2N3O4. The maximum absolute atomic E-state index is 12.5. The van der Waals surface area contributed by atoms with Gasteiger partial charge in [0.05, 0.1) is 11.0 Å². The van der Waals surface area contributed by atoms with Crippen LogP contribution in [0, 0.1) is 13.8 Å². The molecule has 0 saturated heterocycles. The maximum atomic E-state index is 12.5. The summed E-state index contributed by atoms with van der Waals surface area (Å²) < 4.78 is 29.4. The van der Waals surface area contributed by atoms with Gasteiger partial charge in [-0.05, 0) is 55.3 Å². The van der Waals surface area contributed by atoms with Crippen molar-refractivity contribution >= 4 is 22.6 Å². The Morgan fingerprint density at radius 1 is 1.00 bits per heavy atom. The third-order valence-electron chi connectivity index (χ3n) is 3.91. The quantitative estimate of drug-likeness (QED) is 0.610. The molecular weight excluding hydrogens is 360 g/mol. The molecule has 3 aromatic rings. The highest BCUT2D eigenvalue weighted by molar-refractivity contribution is 6.05. The minimum atomic E-state index is -2.95. The molecule has 140 valence electrons. The molecule has 0 atom stereocenters. The van der Waals surface area contributed by atoms with Gasteiger partial charge in [0.25, 0.3) is 5.91 Å². The number of aryl methyl sites for hydroxylation is 2. The lowest BCUT2D eigenvalue weighted by Gasteiger charge is -2.13. The van der Waals surface area contributed by atoms with Crippen LogP contribution < -0.4 is 21.2 Å². The van der Waals surface area contributed by atoms with Crippen molar-refractivity contribution in [1.29, 1.82) is 0 Å². The van der Waals surface area contributed by atoms with E-state index in [1.807, 2.05) is 0 Å². The Hall–Kier alpha value is -3.49. The third kappa shape index (κ3) is 3.86. The highest BCUT2D eigenvalue weighted by Gasteiger charge is 2.15. The van der Waals surface area contributed by atoms with Gasteiger partial charge in [-0.1, -0.05) is 0 Å². The summed E-state index contributed by atoms with van der Waals surface area (Å²) in [6, 6.07) is 7.49. The zero-order chi connectivity index (χ0) is 19.7. The van der Waals surface area contributed by atoms with Crippen LogP contribution in [0.1, 0.15) is 21.5 Å². The van der Waals surface area contributed by atoms with Crippen molar-refractivity contribution in [2.24, 2.45) is 0 Å². The predicted octanol–water partition coefficient (Wildman–Crippen LogP) is 2.69. The number of carbonyl (C=O) groups is 1. The molecule has 0 fully saturated rings. The van der Waals surface area contributed by atoms with E-state index in [0.29, 0.717) is 27.8 Å². The van der Waals surface area contributed by atoms with E-state index in [-0.39, 0.29) is 11.3 Å². The number of nitrogens with one attached hydrogen (secondary N) is 3. The lowest BCUT2D eigenvalue weighted by atomic mass is 10.0. The van der Waals surface area contributed by atoms with Crippen molar-refractivity contribution < 1.29 is 18.3 Å². The van der Waals surface area contributed by atoms with Crippen LogP contribution in [-0.4, -0.2) is 22.5 Å². The van der Waals surface area contributed by atoms with Crippen molar-refractivity contribution in [3.8, 4) is 5.75 Å². The first-order chi connectivity index (χ1) is 12.7. The first-order valence-corrected chi connectivity index (χ1v) is 7.88.